The van der Waals surface area contributed by atoms with Crippen molar-refractivity contribution in [1.29, 1.82) is 5.26 Å². The number of carbonyl (C=O) groups is 1. The van der Waals surface area contributed by atoms with Crippen molar-refractivity contribution in [3.05, 3.63) is 107 Å². The van der Waals surface area contributed by atoms with Crippen molar-refractivity contribution in [3.63, 3.8) is 0 Å². The molecule has 0 bridgehead atoms. The fourth-order valence-corrected chi connectivity index (χ4v) is 2.64. The van der Waals surface area contributed by atoms with Crippen LogP contribution < -0.4 is 10.1 Å². The van der Waals surface area contributed by atoms with Crippen LogP contribution in [0, 0.1) is 11.3 Å². The summed E-state index contributed by atoms with van der Waals surface area (Å²) in [6.45, 7) is 0.776. The van der Waals surface area contributed by atoms with Gasteiger partial charge in [-0.05, 0) is 23.3 Å². The fraction of sp³-hybridized carbons (Fsp3) is 0.0833. The summed E-state index contributed by atoms with van der Waals surface area (Å²) in [6, 6.07) is 28.7. The lowest BCUT2D eigenvalue weighted by Crippen LogP contribution is -2.23. The minimum atomic E-state index is -0.413. The Balaban J connectivity index is 1.71. The monoisotopic (exact) mass is 368 g/mol. The highest BCUT2D eigenvalue weighted by Gasteiger charge is 2.11. The molecule has 0 heterocycles. The number of nitrogens with one attached hydrogen (secondary N) is 1. The average Bonchev–Trinajstić information content (AvgIpc) is 2.76. The SMILES string of the molecule is N#CC(=Cc1ccccc1OCc1ccccc1)C(=O)NCc1ccccc1. The van der Waals surface area contributed by atoms with Crippen molar-refractivity contribution in [3.8, 4) is 11.8 Å². The van der Waals surface area contributed by atoms with E-state index in [1.807, 2.05) is 91.0 Å². The Hall–Kier alpha value is -3.84. The summed E-state index contributed by atoms with van der Waals surface area (Å²) in [6.07, 6.45) is 1.56. The van der Waals surface area contributed by atoms with E-state index in [1.54, 1.807) is 6.08 Å². The van der Waals surface area contributed by atoms with Crippen molar-refractivity contribution in [1.82, 2.24) is 5.32 Å². The van der Waals surface area contributed by atoms with Gasteiger partial charge in [-0.1, -0.05) is 78.9 Å². The smallest absolute Gasteiger partial charge is 0.262 e. The average molecular weight is 368 g/mol. The molecule has 0 spiro atoms. The van der Waals surface area contributed by atoms with Crippen LogP contribution in [-0.4, -0.2) is 5.91 Å². The van der Waals surface area contributed by atoms with Gasteiger partial charge >= 0.3 is 0 Å². The molecule has 0 aliphatic carbocycles. The first-order chi connectivity index (χ1) is 13.8. The first-order valence-corrected chi connectivity index (χ1v) is 8.96. The van der Waals surface area contributed by atoms with Crippen LogP contribution in [-0.2, 0) is 17.9 Å². The maximum absolute atomic E-state index is 12.4. The molecule has 0 aromatic heterocycles. The van der Waals surface area contributed by atoms with Gasteiger partial charge < -0.3 is 10.1 Å². The Morgan fingerprint density at radius 1 is 0.893 bits per heavy atom. The lowest BCUT2D eigenvalue weighted by molar-refractivity contribution is -0.117. The molecule has 0 aliphatic rings. The van der Waals surface area contributed by atoms with Crippen LogP contribution in [0.5, 0.6) is 5.75 Å². The molecule has 4 heteroatoms. The van der Waals surface area contributed by atoms with Gasteiger partial charge in [0.2, 0.25) is 0 Å². The molecule has 0 fully saturated rings. The number of benzene rings is 3. The van der Waals surface area contributed by atoms with E-state index < -0.39 is 5.91 Å². The second-order valence-corrected chi connectivity index (χ2v) is 6.15. The maximum atomic E-state index is 12.4. The van der Waals surface area contributed by atoms with E-state index in [1.165, 1.54) is 0 Å². The Morgan fingerprint density at radius 3 is 2.18 bits per heavy atom. The molecule has 138 valence electrons. The highest BCUT2D eigenvalue weighted by Crippen LogP contribution is 2.22. The number of hydrogen-bond acceptors (Lipinski definition) is 3. The van der Waals surface area contributed by atoms with Crippen molar-refractivity contribution in [2.24, 2.45) is 0 Å². The Kier molecular flexibility index (Phi) is 6.59. The summed E-state index contributed by atoms with van der Waals surface area (Å²) in [5.41, 5.74) is 2.73. The molecule has 0 saturated carbocycles. The Labute approximate surface area is 164 Å². The third kappa shape index (κ3) is 5.33. The summed E-state index contributed by atoms with van der Waals surface area (Å²) in [4.78, 5) is 12.4. The van der Waals surface area contributed by atoms with Crippen molar-refractivity contribution in [2.75, 3.05) is 0 Å². The molecule has 28 heavy (non-hydrogen) atoms. The molecule has 0 atom stereocenters. The zero-order valence-electron chi connectivity index (χ0n) is 15.3. The molecule has 3 aromatic rings. The predicted molar refractivity (Wildman–Crippen MR) is 109 cm³/mol. The molecule has 1 amide bonds. The van der Waals surface area contributed by atoms with Gasteiger partial charge in [0.15, 0.2) is 0 Å². The summed E-state index contributed by atoms with van der Waals surface area (Å²) < 4.78 is 5.89. The minimum Gasteiger partial charge on any atom is -0.488 e. The number of para-hydroxylation sites is 1. The second kappa shape index (κ2) is 9.75. The molecule has 3 aromatic carbocycles. The number of hydrogen-bond donors (Lipinski definition) is 1. The third-order valence-corrected chi connectivity index (χ3v) is 4.12. The Bertz CT molecular complexity index is 990. The second-order valence-electron chi connectivity index (χ2n) is 6.15. The van der Waals surface area contributed by atoms with Gasteiger partial charge in [0, 0.05) is 12.1 Å². The van der Waals surface area contributed by atoms with Gasteiger partial charge in [-0.3, -0.25) is 4.79 Å². The topological polar surface area (TPSA) is 62.1 Å². The number of nitriles is 1. The fourth-order valence-electron chi connectivity index (χ4n) is 2.64. The number of ether oxygens (including phenoxy) is 1. The van der Waals surface area contributed by atoms with E-state index >= 15 is 0 Å². The zero-order chi connectivity index (χ0) is 19.6. The van der Waals surface area contributed by atoms with E-state index in [9.17, 15) is 10.1 Å². The van der Waals surface area contributed by atoms with Gasteiger partial charge in [-0.15, -0.1) is 0 Å². The molecular formula is C24H20N2O2. The largest absolute Gasteiger partial charge is 0.488 e. The molecule has 0 radical (unpaired) electrons. The van der Waals surface area contributed by atoms with Gasteiger partial charge in [0.1, 0.15) is 24.0 Å². The van der Waals surface area contributed by atoms with Crippen LogP contribution in [0.4, 0.5) is 0 Å². The van der Waals surface area contributed by atoms with Crippen molar-refractivity contribution < 1.29 is 9.53 Å². The maximum Gasteiger partial charge on any atom is 0.262 e. The molecule has 4 nitrogen and oxygen atoms in total. The number of amides is 1. The van der Waals surface area contributed by atoms with E-state index in [0.29, 0.717) is 24.5 Å². The highest BCUT2D eigenvalue weighted by molar-refractivity contribution is 6.01. The van der Waals surface area contributed by atoms with Crippen LogP contribution in [0.25, 0.3) is 6.08 Å². The summed E-state index contributed by atoms with van der Waals surface area (Å²) in [5.74, 6) is 0.208. The van der Waals surface area contributed by atoms with Crippen LogP contribution in [0.2, 0.25) is 0 Å². The van der Waals surface area contributed by atoms with E-state index in [-0.39, 0.29) is 5.57 Å². The summed E-state index contributed by atoms with van der Waals surface area (Å²) in [5, 5.41) is 12.2. The number of carbonyl (C=O) groups excluding carboxylic acids is 1. The first kappa shape index (κ1) is 18.9. The van der Waals surface area contributed by atoms with Crippen molar-refractivity contribution in [2.45, 2.75) is 13.2 Å². The van der Waals surface area contributed by atoms with Gasteiger partial charge in [0.25, 0.3) is 5.91 Å². The number of nitrogens with zero attached hydrogens (tertiary/aromatic N) is 1. The quantitative estimate of drug-likeness (QED) is 0.494. The van der Waals surface area contributed by atoms with Crippen LogP contribution in [0.1, 0.15) is 16.7 Å². The molecule has 1 N–H and O–H groups in total. The van der Waals surface area contributed by atoms with E-state index in [4.69, 9.17) is 4.74 Å². The van der Waals surface area contributed by atoms with Crippen LogP contribution in [0.15, 0.2) is 90.5 Å². The normalized spacial score (nSPS) is 10.8. The molecule has 0 aliphatic heterocycles. The van der Waals surface area contributed by atoms with Crippen LogP contribution >= 0.6 is 0 Å². The van der Waals surface area contributed by atoms with Crippen molar-refractivity contribution >= 4 is 12.0 Å². The Morgan fingerprint density at radius 2 is 1.50 bits per heavy atom. The third-order valence-electron chi connectivity index (χ3n) is 4.12. The minimum absolute atomic E-state index is 0.0340. The summed E-state index contributed by atoms with van der Waals surface area (Å²) in [7, 11) is 0. The highest BCUT2D eigenvalue weighted by atomic mass is 16.5. The predicted octanol–water partition coefficient (Wildman–Crippen LogP) is 4.49. The molecule has 0 unspecified atom stereocenters. The molecular weight excluding hydrogens is 348 g/mol. The van der Waals surface area contributed by atoms with Gasteiger partial charge in [0.05, 0.1) is 0 Å². The standard InChI is InChI=1S/C24H20N2O2/c25-16-22(24(27)26-17-19-9-3-1-4-10-19)15-21-13-7-8-14-23(21)28-18-20-11-5-2-6-12-20/h1-15H,17-18H2,(H,26,27). The molecule has 0 saturated heterocycles. The van der Waals surface area contributed by atoms with Gasteiger partial charge in [-0.25, -0.2) is 0 Å². The first-order valence-electron chi connectivity index (χ1n) is 8.96. The van der Waals surface area contributed by atoms with E-state index in [2.05, 4.69) is 5.32 Å². The zero-order valence-corrected chi connectivity index (χ0v) is 15.3. The van der Waals surface area contributed by atoms with Crippen LogP contribution in [0.3, 0.4) is 0 Å². The molecule has 3 rings (SSSR count). The van der Waals surface area contributed by atoms with Gasteiger partial charge in [-0.2, -0.15) is 5.26 Å². The van der Waals surface area contributed by atoms with E-state index in [0.717, 1.165) is 11.1 Å². The number of rotatable bonds is 7. The lowest BCUT2D eigenvalue weighted by Gasteiger charge is -2.10. The summed E-state index contributed by atoms with van der Waals surface area (Å²) >= 11 is 0. The lowest BCUT2D eigenvalue weighted by atomic mass is 10.1.